The molecule has 1 atom stereocenters. The fourth-order valence-electron chi connectivity index (χ4n) is 2.16. The van der Waals surface area contributed by atoms with Gasteiger partial charge >= 0.3 is 5.97 Å². The second-order valence-electron chi connectivity index (χ2n) is 5.68. The molecule has 2 rings (SSSR count). The number of benzene rings is 1. The number of rotatable bonds is 8. The summed E-state index contributed by atoms with van der Waals surface area (Å²) >= 11 is 1.28. The van der Waals surface area contributed by atoms with Crippen LogP contribution in [0.2, 0.25) is 0 Å². The van der Waals surface area contributed by atoms with Crippen LogP contribution in [0.3, 0.4) is 0 Å². The van der Waals surface area contributed by atoms with Crippen molar-refractivity contribution in [1.29, 1.82) is 0 Å². The first-order valence-electron chi connectivity index (χ1n) is 8.11. The quantitative estimate of drug-likeness (QED) is 0.579. The number of amides is 1. The fraction of sp³-hybridized carbons (Fsp3) is 0.316. The van der Waals surface area contributed by atoms with Crippen LogP contribution in [0.4, 0.5) is 0 Å². The normalized spacial score (nSPS) is 11.6. The highest BCUT2D eigenvalue weighted by Crippen LogP contribution is 2.19. The number of ether oxygens (including phenoxy) is 1. The lowest BCUT2D eigenvalue weighted by molar-refractivity contribution is -0.141. The Morgan fingerprint density at radius 1 is 1.16 bits per heavy atom. The molecule has 0 aliphatic heterocycles. The van der Waals surface area contributed by atoms with Gasteiger partial charge in [0.05, 0.1) is 4.88 Å². The van der Waals surface area contributed by atoms with Gasteiger partial charge in [-0.1, -0.05) is 44.2 Å². The average Bonchev–Trinajstić information content (AvgIpc) is 3.18. The highest BCUT2D eigenvalue weighted by Gasteiger charge is 2.13. The summed E-state index contributed by atoms with van der Waals surface area (Å²) < 4.78 is 4.93. The van der Waals surface area contributed by atoms with Crippen LogP contribution in [0.25, 0.3) is 0 Å². The summed E-state index contributed by atoms with van der Waals surface area (Å²) in [4.78, 5) is 35.9. The molecule has 0 bridgehead atoms. The predicted octanol–water partition coefficient (Wildman–Crippen LogP) is 3.42. The van der Waals surface area contributed by atoms with Gasteiger partial charge in [-0.2, -0.15) is 0 Å². The molecular formula is C19H21NO4S. The van der Waals surface area contributed by atoms with Crippen molar-refractivity contribution in [3.8, 4) is 0 Å². The van der Waals surface area contributed by atoms with Crippen LogP contribution in [0.1, 0.15) is 51.8 Å². The number of carbonyl (C=O) groups excluding carboxylic acids is 3. The van der Waals surface area contributed by atoms with Crippen LogP contribution in [0.15, 0.2) is 41.8 Å². The third-order valence-electron chi connectivity index (χ3n) is 3.92. The molecule has 0 saturated carbocycles. The molecule has 1 heterocycles. The van der Waals surface area contributed by atoms with E-state index >= 15 is 0 Å². The Bertz CT molecular complexity index is 722. The SMILES string of the molecule is CC[C@H](C)c1ccc(C(=O)COC(=O)CNC(=O)c2cccs2)cc1. The van der Waals surface area contributed by atoms with E-state index in [1.54, 1.807) is 29.6 Å². The zero-order valence-electron chi connectivity index (χ0n) is 14.3. The minimum atomic E-state index is -0.644. The Morgan fingerprint density at radius 3 is 2.48 bits per heavy atom. The summed E-state index contributed by atoms with van der Waals surface area (Å²) in [5.41, 5.74) is 1.68. The Balaban J connectivity index is 1.77. The summed E-state index contributed by atoms with van der Waals surface area (Å²) in [6.45, 7) is 3.64. The maximum Gasteiger partial charge on any atom is 0.325 e. The minimum absolute atomic E-state index is 0.267. The predicted molar refractivity (Wildman–Crippen MR) is 97.1 cm³/mol. The van der Waals surface area contributed by atoms with Gasteiger partial charge in [-0.05, 0) is 29.3 Å². The summed E-state index contributed by atoms with van der Waals surface area (Å²) in [6.07, 6.45) is 1.03. The van der Waals surface area contributed by atoms with Gasteiger partial charge in [-0.15, -0.1) is 11.3 Å². The topological polar surface area (TPSA) is 72.5 Å². The van der Waals surface area contributed by atoms with E-state index < -0.39 is 5.97 Å². The Kier molecular flexibility index (Phi) is 6.89. The van der Waals surface area contributed by atoms with E-state index in [4.69, 9.17) is 4.74 Å². The van der Waals surface area contributed by atoms with Gasteiger partial charge < -0.3 is 10.1 Å². The van der Waals surface area contributed by atoms with E-state index in [0.29, 0.717) is 16.4 Å². The van der Waals surface area contributed by atoms with Gasteiger partial charge in [0.25, 0.3) is 5.91 Å². The first-order chi connectivity index (χ1) is 12.0. The molecule has 0 saturated heterocycles. The number of hydrogen-bond acceptors (Lipinski definition) is 5. The molecule has 0 fully saturated rings. The largest absolute Gasteiger partial charge is 0.456 e. The molecule has 0 aliphatic rings. The molecular weight excluding hydrogens is 338 g/mol. The maximum absolute atomic E-state index is 12.1. The number of nitrogens with one attached hydrogen (secondary N) is 1. The molecule has 0 unspecified atom stereocenters. The van der Waals surface area contributed by atoms with Gasteiger partial charge in [0, 0.05) is 5.56 Å². The third-order valence-corrected chi connectivity index (χ3v) is 4.79. The van der Waals surface area contributed by atoms with Crippen LogP contribution in [0.5, 0.6) is 0 Å². The van der Waals surface area contributed by atoms with E-state index in [-0.39, 0.29) is 24.8 Å². The second-order valence-corrected chi connectivity index (χ2v) is 6.62. The van der Waals surface area contributed by atoms with E-state index in [0.717, 1.165) is 6.42 Å². The van der Waals surface area contributed by atoms with Crippen molar-refractivity contribution >= 4 is 29.0 Å². The number of carbonyl (C=O) groups is 3. The zero-order valence-corrected chi connectivity index (χ0v) is 15.1. The zero-order chi connectivity index (χ0) is 18.2. The van der Waals surface area contributed by atoms with Crippen LogP contribution in [-0.2, 0) is 9.53 Å². The van der Waals surface area contributed by atoms with E-state index in [1.807, 2.05) is 12.1 Å². The van der Waals surface area contributed by atoms with Gasteiger partial charge in [0.15, 0.2) is 12.4 Å². The molecule has 132 valence electrons. The monoisotopic (exact) mass is 359 g/mol. The summed E-state index contributed by atoms with van der Waals surface area (Å²) in [5, 5.41) is 4.24. The van der Waals surface area contributed by atoms with E-state index in [9.17, 15) is 14.4 Å². The number of Topliss-reactive ketones (excluding diaryl/α,β-unsaturated/α-hetero) is 1. The molecule has 1 aromatic heterocycles. The van der Waals surface area contributed by atoms with Gasteiger partial charge in [-0.25, -0.2) is 0 Å². The average molecular weight is 359 g/mol. The van der Waals surface area contributed by atoms with Crippen LogP contribution < -0.4 is 5.32 Å². The lowest BCUT2D eigenvalue weighted by Gasteiger charge is -2.09. The Hall–Kier alpha value is -2.47. The molecule has 1 aromatic carbocycles. The highest BCUT2D eigenvalue weighted by molar-refractivity contribution is 7.12. The molecule has 2 aromatic rings. The molecule has 0 spiro atoms. The van der Waals surface area contributed by atoms with E-state index in [2.05, 4.69) is 19.2 Å². The molecule has 5 nitrogen and oxygen atoms in total. The fourth-order valence-corrected chi connectivity index (χ4v) is 2.80. The van der Waals surface area contributed by atoms with Crippen molar-refractivity contribution in [3.05, 3.63) is 57.8 Å². The maximum atomic E-state index is 12.1. The smallest absolute Gasteiger partial charge is 0.325 e. The van der Waals surface area contributed by atoms with Crippen LogP contribution in [0, 0.1) is 0 Å². The van der Waals surface area contributed by atoms with Gasteiger partial charge in [0.2, 0.25) is 0 Å². The molecule has 0 aliphatic carbocycles. The minimum Gasteiger partial charge on any atom is -0.456 e. The first-order valence-corrected chi connectivity index (χ1v) is 8.99. The molecule has 6 heteroatoms. The van der Waals surface area contributed by atoms with Gasteiger partial charge in [0.1, 0.15) is 6.54 Å². The number of hydrogen-bond donors (Lipinski definition) is 1. The standard InChI is InChI=1S/C19H21NO4S/c1-3-13(2)14-6-8-15(9-7-14)16(21)12-24-18(22)11-20-19(23)17-5-4-10-25-17/h4-10,13H,3,11-12H2,1-2H3,(H,20,23)/t13-/m0/s1. The summed E-state index contributed by atoms with van der Waals surface area (Å²) in [6, 6.07) is 10.8. The highest BCUT2D eigenvalue weighted by atomic mass is 32.1. The van der Waals surface area contributed by atoms with Gasteiger partial charge in [-0.3, -0.25) is 14.4 Å². The van der Waals surface area contributed by atoms with Crippen molar-refractivity contribution in [2.24, 2.45) is 0 Å². The molecule has 0 radical (unpaired) electrons. The van der Waals surface area contributed by atoms with Crippen LogP contribution in [-0.4, -0.2) is 30.8 Å². The van der Waals surface area contributed by atoms with Crippen molar-refractivity contribution in [2.75, 3.05) is 13.2 Å². The third kappa shape index (κ3) is 5.53. The lowest BCUT2D eigenvalue weighted by atomic mass is 9.97. The Labute approximate surface area is 151 Å². The van der Waals surface area contributed by atoms with Crippen LogP contribution >= 0.6 is 11.3 Å². The van der Waals surface area contributed by atoms with E-state index in [1.165, 1.54) is 16.9 Å². The Morgan fingerprint density at radius 2 is 1.88 bits per heavy atom. The summed E-state index contributed by atoms with van der Waals surface area (Å²) in [5.74, 6) is -0.809. The van der Waals surface area contributed by atoms with Crippen molar-refractivity contribution in [2.45, 2.75) is 26.2 Å². The molecule has 1 N–H and O–H groups in total. The number of ketones is 1. The molecule has 25 heavy (non-hydrogen) atoms. The number of esters is 1. The van der Waals surface area contributed by atoms with Crippen molar-refractivity contribution in [1.82, 2.24) is 5.32 Å². The number of thiophene rings is 1. The van der Waals surface area contributed by atoms with Crippen molar-refractivity contribution < 1.29 is 19.1 Å². The first kappa shape index (κ1) is 18.9. The van der Waals surface area contributed by atoms with Crippen molar-refractivity contribution in [3.63, 3.8) is 0 Å². The molecule has 1 amide bonds. The summed E-state index contributed by atoms with van der Waals surface area (Å²) in [7, 11) is 0. The second kappa shape index (κ2) is 9.13. The lowest BCUT2D eigenvalue weighted by Crippen LogP contribution is -2.31.